The molecule has 0 saturated carbocycles. The van der Waals surface area contributed by atoms with Gasteiger partial charge in [-0.2, -0.15) is 12.6 Å². The predicted octanol–water partition coefficient (Wildman–Crippen LogP) is -4.05. The van der Waals surface area contributed by atoms with Crippen molar-refractivity contribution in [3.63, 3.8) is 0 Å². The van der Waals surface area contributed by atoms with Gasteiger partial charge in [0.2, 0.25) is 29.5 Å². The van der Waals surface area contributed by atoms with E-state index in [4.69, 9.17) is 39.5 Å². The van der Waals surface area contributed by atoms with Crippen molar-refractivity contribution >= 4 is 60.1 Å². The van der Waals surface area contributed by atoms with E-state index in [2.05, 4.69) is 49.8 Å². The van der Waals surface area contributed by atoms with E-state index >= 15 is 0 Å². The maximum Gasteiger partial charge on any atom is 0.326 e. The van der Waals surface area contributed by atoms with Gasteiger partial charge in [0.1, 0.15) is 30.2 Å². The van der Waals surface area contributed by atoms with Crippen LogP contribution < -0.4 is 65.9 Å². The lowest BCUT2D eigenvalue weighted by Crippen LogP contribution is -2.59. The largest absolute Gasteiger partial charge is 0.480 e. The van der Waals surface area contributed by atoms with Crippen LogP contribution in [0.25, 0.3) is 0 Å². The summed E-state index contributed by atoms with van der Waals surface area (Å²) in [6.45, 7) is 2.73. The summed E-state index contributed by atoms with van der Waals surface area (Å²) in [6, 6.07) is -6.99. The van der Waals surface area contributed by atoms with Crippen LogP contribution in [0.1, 0.15) is 77.6 Å². The van der Waals surface area contributed by atoms with Crippen LogP contribution in [0.5, 0.6) is 0 Å². The smallest absolute Gasteiger partial charge is 0.326 e. The van der Waals surface area contributed by atoms with Crippen LogP contribution in [0.4, 0.5) is 0 Å². The van der Waals surface area contributed by atoms with Crippen molar-refractivity contribution in [3.8, 4) is 0 Å². The third-order valence-corrected chi connectivity index (χ3v) is 8.27. The molecular formula is C31H62N14O7S. The van der Waals surface area contributed by atoms with E-state index in [1.807, 2.05) is 6.92 Å². The zero-order chi connectivity index (χ0) is 40.3. The standard InChI is InChI=1S/C31H62N14O7S/c1-2-3-8-22(29(51)52)44-26(48)21(11-7-16-40-31(37)38)42-25(47)20(10-6-15-39-30(35)36)43-28(50)23(17-53)45-27(49)19(9-4-5-13-32)41-24(46)18(34)12-14-33/h18-23,53H,2-17,32-34H2,1H3,(H,41,46)(H,42,47)(H,43,50)(H,44,48)(H,45,49)(H,51,52)(H4,35,36,39)(H4,37,38,40)/t18-,19-,20-,21-,22-,23-/m0/s1. The SMILES string of the molecule is CCCC[C@H](NC(=O)[C@H](CCCNC(=N)N)NC(=O)[C@H](CCCNC(=N)N)NC(=O)[C@H](CS)NC(=O)[C@H](CCCCN)NC(=O)[C@@H](N)CCN)C(=O)O. The first kappa shape index (κ1) is 48.6. The highest BCUT2D eigenvalue weighted by Gasteiger charge is 2.32. The fourth-order valence-electron chi connectivity index (χ4n) is 4.90. The number of unbranched alkanes of at least 4 members (excludes halogenated alkanes) is 2. The van der Waals surface area contributed by atoms with Gasteiger partial charge in [-0.1, -0.05) is 19.8 Å². The molecule has 53 heavy (non-hydrogen) atoms. The molecule has 0 radical (unpaired) electrons. The van der Waals surface area contributed by atoms with E-state index in [9.17, 15) is 33.9 Å². The highest BCUT2D eigenvalue weighted by atomic mass is 32.1. The summed E-state index contributed by atoms with van der Waals surface area (Å²) >= 11 is 4.22. The van der Waals surface area contributed by atoms with Crippen molar-refractivity contribution in [2.24, 2.45) is 28.7 Å². The summed E-state index contributed by atoms with van der Waals surface area (Å²) in [5, 5.41) is 42.4. The van der Waals surface area contributed by atoms with E-state index in [-0.39, 0.29) is 82.3 Å². The van der Waals surface area contributed by atoms with Gasteiger partial charge in [0.15, 0.2) is 11.9 Å². The number of rotatable bonds is 29. The molecule has 0 heterocycles. The maximum atomic E-state index is 13.7. The van der Waals surface area contributed by atoms with Crippen LogP contribution in [0.15, 0.2) is 0 Å². The Morgan fingerprint density at radius 3 is 1.38 bits per heavy atom. The Hall–Kier alpha value is -4.41. The van der Waals surface area contributed by atoms with Gasteiger partial charge in [-0.05, 0) is 70.9 Å². The van der Waals surface area contributed by atoms with E-state index < -0.39 is 71.8 Å². The highest BCUT2D eigenvalue weighted by molar-refractivity contribution is 7.80. The number of thiol groups is 1. The predicted molar refractivity (Wildman–Crippen MR) is 204 cm³/mol. The number of carbonyl (C=O) groups excluding carboxylic acids is 5. The molecule has 0 rings (SSSR count). The Labute approximate surface area is 316 Å². The molecule has 0 aliphatic heterocycles. The summed E-state index contributed by atoms with van der Waals surface area (Å²) in [6.07, 6.45) is 3.33. The Bertz CT molecular complexity index is 1200. The minimum atomic E-state index is -1.27. The van der Waals surface area contributed by atoms with Gasteiger partial charge < -0.3 is 71.0 Å². The summed E-state index contributed by atoms with van der Waals surface area (Å²) < 4.78 is 0. The Morgan fingerprint density at radius 1 is 0.585 bits per heavy atom. The molecule has 5 amide bonds. The van der Waals surface area contributed by atoms with Crippen LogP contribution >= 0.6 is 12.6 Å². The number of carboxylic acid groups (broad SMARTS) is 1. The molecule has 0 aromatic carbocycles. The van der Waals surface area contributed by atoms with Gasteiger partial charge >= 0.3 is 5.97 Å². The van der Waals surface area contributed by atoms with Crippen molar-refractivity contribution in [1.82, 2.24) is 37.2 Å². The summed E-state index contributed by atoms with van der Waals surface area (Å²) in [7, 11) is 0. The van der Waals surface area contributed by atoms with E-state index in [0.717, 1.165) is 0 Å². The second-order valence-electron chi connectivity index (χ2n) is 12.4. The zero-order valence-corrected chi connectivity index (χ0v) is 31.4. The number of guanidine groups is 2. The zero-order valence-electron chi connectivity index (χ0n) is 30.5. The lowest BCUT2D eigenvalue weighted by atomic mass is 10.0. The molecule has 0 saturated heterocycles. The summed E-state index contributed by atoms with van der Waals surface area (Å²) in [5.41, 5.74) is 27.7. The van der Waals surface area contributed by atoms with Crippen molar-refractivity contribution in [2.75, 3.05) is 31.9 Å². The number of hydrogen-bond acceptors (Lipinski definition) is 12. The normalized spacial score (nSPS) is 14.2. The lowest BCUT2D eigenvalue weighted by Gasteiger charge is -2.27. The summed E-state index contributed by atoms with van der Waals surface area (Å²) in [5.74, 6) is -5.67. The number of aliphatic carboxylic acids is 1. The fraction of sp³-hybridized carbons (Fsp3) is 0.742. The maximum absolute atomic E-state index is 13.7. The average Bonchev–Trinajstić information content (AvgIpc) is 3.10. The molecular weight excluding hydrogens is 712 g/mol. The van der Waals surface area contributed by atoms with Crippen LogP contribution in [-0.4, -0.2) is 121 Å². The molecule has 21 nitrogen and oxygen atoms in total. The molecule has 20 N–H and O–H groups in total. The number of amides is 5. The van der Waals surface area contributed by atoms with E-state index in [0.29, 0.717) is 32.2 Å². The quantitative estimate of drug-likeness (QED) is 0.0149. The van der Waals surface area contributed by atoms with Crippen molar-refractivity contribution < 1.29 is 33.9 Å². The molecule has 0 aromatic rings. The van der Waals surface area contributed by atoms with Crippen molar-refractivity contribution in [1.29, 1.82) is 10.8 Å². The molecule has 0 unspecified atom stereocenters. The first-order valence-electron chi connectivity index (χ1n) is 17.8. The first-order valence-corrected chi connectivity index (χ1v) is 18.4. The van der Waals surface area contributed by atoms with Crippen molar-refractivity contribution in [3.05, 3.63) is 0 Å². The monoisotopic (exact) mass is 774 g/mol. The third kappa shape index (κ3) is 21.7. The minimum absolute atomic E-state index is 0.00360. The van der Waals surface area contributed by atoms with Crippen LogP contribution in [0, 0.1) is 10.8 Å². The third-order valence-electron chi connectivity index (χ3n) is 7.91. The second-order valence-corrected chi connectivity index (χ2v) is 12.8. The Morgan fingerprint density at radius 2 is 0.981 bits per heavy atom. The molecule has 0 aromatic heterocycles. The van der Waals surface area contributed by atoms with Gasteiger partial charge in [-0.25, -0.2) is 4.79 Å². The van der Waals surface area contributed by atoms with Gasteiger partial charge in [0.25, 0.3) is 0 Å². The molecule has 0 aliphatic carbocycles. The van der Waals surface area contributed by atoms with Crippen LogP contribution in [0.2, 0.25) is 0 Å². The second kappa shape index (κ2) is 28.1. The lowest BCUT2D eigenvalue weighted by molar-refractivity contribution is -0.142. The molecule has 22 heteroatoms. The molecule has 0 bridgehead atoms. The number of hydrogen-bond donors (Lipinski definition) is 16. The first-order chi connectivity index (χ1) is 25.1. The molecule has 0 fully saturated rings. The van der Waals surface area contributed by atoms with Gasteiger partial charge in [0, 0.05) is 18.8 Å². The number of nitrogens with two attached hydrogens (primary N) is 5. The minimum Gasteiger partial charge on any atom is -0.480 e. The van der Waals surface area contributed by atoms with Gasteiger partial charge in [0.05, 0.1) is 6.04 Å². The topological polar surface area (TPSA) is 385 Å². The molecule has 6 atom stereocenters. The van der Waals surface area contributed by atoms with Crippen molar-refractivity contribution in [2.45, 2.75) is 114 Å². The summed E-state index contributed by atoms with van der Waals surface area (Å²) in [4.78, 5) is 78.4. The van der Waals surface area contributed by atoms with Gasteiger partial charge in [-0.3, -0.25) is 34.8 Å². The van der Waals surface area contributed by atoms with Gasteiger partial charge in [-0.15, -0.1) is 0 Å². The molecule has 0 aliphatic rings. The van der Waals surface area contributed by atoms with E-state index in [1.54, 1.807) is 0 Å². The highest BCUT2D eigenvalue weighted by Crippen LogP contribution is 2.08. The fourth-order valence-corrected chi connectivity index (χ4v) is 5.15. The average molecular weight is 775 g/mol. The number of carboxylic acids is 1. The number of carbonyl (C=O) groups is 6. The van der Waals surface area contributed by atoms with E-state index in [1.165, 1.54) is 0 Å². The number of nitrogens with one attached hydrogen (secondary N) is 9. The Balaban J connectivity index is 6.15. The molecule has 304 valence electrons. The van der Waals surface area contributed by atoms with Crippen LogP contribution in [0.3, 0.4) is 0 Å². The Kier molecular flexibility index (Phi) is 25.8. The molecule has 0 spiro atoms. The van der Waals surface area contributed by atoms with Crippen LogP contribution in [-0.2, 0) is 28.8 Å².